The molecular weight excluding hydrogens is 156 g/mol. The molecule has 0 fully saturated rings. The lowest BCUT2D eigenvalue weighted by Crippen LogP contribution is -2.07. The molecule has 0 aromatic carbocycles. The molecule has 0 spiro atoms. The van der Waals surface area contributed by atoms with Crippen LogP contribution in [0.3, 0.4) is 0 Å². The van der Waals surface area contributed by atoms with Crippen LogP contribution in [0.2, 0.25) is 0 Å². The molecule has 0 saturated carbocycles. The first-order valence-corrected chi connectivity index (χ1v) is 5.41. The lowest BCUT2D eigenvalue weighted by molar-refractivity contribution is 0.641. The summed E-state index contributed by atoms with van der Waals surface area (Å²) >= 11 is 0. The highest BCUT2D eigenvalue weighted by Crippen LogP contribution is 2.42. The molecule has 0 aliphatic heterocycles. The molecule has 0 unspecified atom stereocenters. The van der Waals surface area contributed by atoms with Crippen molar-refractivity contribution in [1.29, 1.82) is 0 Å². The maximum atomic E-state index is 2.31. The lowest BCUT2D eigenvalue weighted by atomic mass is 9.79. The molecule has 3 aliphatic rings. The van der Waals surface area contributed by atoms with Crippen molar-refractivity contribution < 1.29 is 0 Å². The minimum atomic E-state index is 1.29. The van der Waals surface area contributed by atoms with E-state index in [9.17, 15) is 0 Å². The lowest BCUT2D eigenvalue weighted by Gasteiger charge is -2.26. The van der Waals surface area contributed by atoms with Crippen LogP contribution in [0.5, 0.6) is 0 Å². The number of hydrogen-bond acceptors (Lipinski definition) is 0. The number of fused-ring (bicyclic) bond motifs is 1. The van der Waals surface area contributed by atoms with Crippen molar-refractivity contribution in [2.45, 2.75) is 38.5 Å². The fourth-order valence-electron chi connectivity index (χ4n) is 2.82. The largest absolute Gasteiger partial charge is 0.0758 e. The van der Waals surface area contributed by atoms with Crippen LogP contribution < -0.4 is 0 Å². The highest BCUT2D eigenvalue weighted by molar-refractivity contribution is 5.57. The second kappa shape index (κ2) is 2.87. The molecule has 0 amide bonds. The number of allylic oxidation sites excluding steroid dienone is 6. The summed E-state index contributed by atoms with van der Waals surface area (Å²) < 4.78 is 0. The zero-order chi connectivity index (χ0) is 8.67. The van der Waals surface area contributed by atoms with Gasteiger partial charge < -0.3 is 0 Å². The standard InChI is InChI=1S/C13H15/c1-2-6-12-10(4-1)8-9-11-5-3-7-13(11)12/h3,5,7H,1-2,4,6,8-9H2. The molecule has 0 atom stereocenters. The van der Waals surface area contributed by atoms with Crippen molar-refractivity contribution in [2.75, 3.05) is 0 Å². The van der Waals surface area contributed by atoms with E-state index in [0.717, 1.165) is 0 Å². The molecule has 0 nitrogen and oxygen atoms in total. The van der Waals surface area contributed by atoms with E-state index in [2.05, 4.69) is 18.6 Å². The Kier molecular flexibility index (Phi) is 1.68. The summed E-state index contributed by atoms with van der Waals surface area (Å²) in [6, 6.07) is 0. The first-order valence-electron chi connectivity index (χ1n) is 5.41. The van der Waals surface area contributed by atoms with E-state index >= 15 is 0 Å². The predicted molar refractivity (Wildman–Crippen MR) is 55.2 cm³/mol. The number of rotatable bonds is 0. The molecule has 67 valence electrons. The van der Waals surface area contributed by atoms with E-state index in [4.69, 9.17) is 0 Å². The van der Waals surface area contributed by atoms with Crippen LogP contribution in [-0.2, 0) is 0 Å². The molecule has 0 bridgehead atoms. The molecule has 13 heavy (non-hydrogen) atoms. The first kappa shape index (κ1) is 7.61. The van der Waals surface area contributed by atoms with Crippen LogP contribution >= 0.6 is 0 Å². The summed E-state index contributed by atoms with van der Waals surface area (Å²) in [5, 5.41) is 0. The van der Waals surface area contributed by atoms with Gasteiger partial charge in [-0.05, 0) is 55.2 Å². The van der Waals surface area contributed by atoms with Crippen LogP contribution in [0.4, 0.5) is 0 Å². The summed E-state index contributed by atoms with van der Waals surface area (Å²) in [6.45, 7) is 0. The Hall–Kier alpha value is -0.780. The second-order valence-electron chi connectivity index (χ2n) is 4.25. The fourth-order valence-corrected chi connectivity index (χ4v) is 2.82. The molecule has 0 saturated heterocycles. The molecule has 0 heteroatoms. The Labute approximate surface area is 80.0 Å². The fraction of sp³-hybridized carbons (Fsp3) is 0.462. The normalized spacial score (nSPS) is 26.5. The average Bonchev–Trinajstić information content (AvgIpc) is 2.65. The third-order valence-corrected chi connectivity index (χ3v) is 3.51. The molecule has 0 aromatic heterocycles. The summed E-state index contributed by atoms with van der Waals surface area (Å²) in [5.74, 6) is 0. The van der Waals surface area contributed by atoms with Crippen molar-refractivity contribution >= 4 is 0 Å². The Morgan fingerprint density at radius 2 is 1.85 bits per heavy atom. The van der Waals surface area contributed by atoms with Crippen molar-refractivity contribution in [3.63, 3.8) is 0 Å². The highest BCUT2D eigenvalue weighted by atomic mass is 14.3. The second-order valence-corrected chi connectivity index (χ2v) is 4.25. The number of hydrogen-bond donors (Lipinski definition) is 0. The van der Waals surface area contributed by atoms with E-state index < -0.39 is 0 Å². The van der Waals surface area contributed by atoms with Gasteiger partial charge in [0.2, 0.25) is 0 Å². The van der Waals surface area contributed by atoms with Gasteiger partial charge in [0.25, 0.3) is 0 Å². The van der Waals surface area contributed by atoms with Gasteiger partial charge in [0, 0.05) is 6.42 Å². The smallest absolute Gasteiger partial charge is 0.0130 e. The zero-order valence-electron chi connectivity index (χ0n) is 7.97. The van der Waals surface area contributed by atoms with Gasteiger partial charge in [-0.25, -0.2) is 0 Å². The maximum Gasteiger partial charge on any atom is 0.0130 e. The average molecular weight is 171 g/mol. The Morgan fingerprint density at radius 3 is 2.85 bits per heavy atom. The van der Waals surface area contributed by atoms with Gasteiger partial charge in [-0.1, -0.05) is 17.7 Å². The van der Waals surface area contributed by atoms with Gasteiger partial charge in [0.05, 0.1) is 0 Å². The predicted octanol–water partition coefficient (Wildman–Crippen LogP) is 3.72. The highest BCUT2D eigenvalue weighted by Gasteiger charge is 2.23. The van der Waals surface area contributed by atoms with E-state index in [1.807, 2.05) is 0 Å². The van der Waals surface area contributed by atoms with E-state index in [-0.39, 0.29) is 0 Å². The molecule has 3 rings (SSSR count). The molecule has 0 heterocycles. The molecule has 0 N–H and O–H groups in total. The van der Waals surface area contributed by atoms with Gasteiger partial charge in [-0.15, -0.1) is 0 Å². The van der Waals surface area contributed by atoms with E-state index in [1.54, 1.807) is 22.3 Å². The van der Waals surface area contributed by atoms with Crippen molar-refractivity contribution in [3.8, 4) is 0 Å². The molecular formula is C13H15. The van der Waals surface area contributed by atoms with Crippen LogP contribution in [0.25, 0.3) is 0 Å². The molecule has 1 radical (unpaired) electrons. The minimum Gasteiger partial charge on any atom is -0.0758 e. The third kappa shape index (κ3) is 1.12. The Bertz CT molecular complexity index is 326. The van der Waals surface area contributed by atoms with Gasteiger partial charge in [-0.3, -0.25) is 0 Å². The van der Waals surface area contributed by atoms with E-state index in [0.29, 0.717) is 0 Å². The topological polar surface area (TPSA) is 0 Å². The van der Waals surface area contributed by atoms with Crippen LogP contribution in [0, 0.1) is 6.42 Å². The van der Waals surface area contributed by atoms with Crippen molar-refractivity contribution in [1.82, 2.24) is 0 Å². The Morgan fingerprint density at radius 1 is 0.923 bits per heavy atom. The molecule has 0 aromatic rings. The summed E-state index contributed by atoms with van der Waals surface area (Å²) in [5.41, 5.74) is 6.66. The minimum absolute atomic E-state index is 1.29. The quantitative estimate of drug-likeness (QED) is 0.521. The first-order chi connectivity index (χ1) is 6.45. The van der Waals surface area contributed by atoms with Crippen LogP contribution in [0.1, 0.15) is 38.5 Å². The SMILES string of the molecule is [CH]1C=CC2=C1C1=C(CCCC1)CC2. The van der Waals surface area contributed by atoms with Crippen LogP contribution in [0.15, 0.2) is 34.4 Å². The van der Waals surface area contributed by atoms with Gasteiger partial charge in [-0.2, -0.15) is 0 Å². The monoisotopic (exact) mass is 171 g/mol. The Balaban J connectivity index is 2.03. The summed E-state index contributed by atoms with van der Waals surface area (Å²) in [6.07, 6.45) is 15.0. The van der Waals surface area contributed by atoms with Gasteiger partial charge >= 0.3 is 0 Å². The van der Waals surface area contributed by atoms with Crippen LogP contribution in [-0.4, -0.2) is 0 Å². The summed E-state index contributed by atoms with van der Waals surface area (Å²) in [4.78, 5) is 0. The van der Waals surface area contributed by atoms with Gasteiger partial charge in [0.1, 0.15) is 0 Å². The van der Waals surface area contributed by atoms with Gasteiger partial charge in [0.15, 0.2) is 0 Å². The molecule has 3 aliphatic carbocycles. The van der Waals surface area contributed by atoms with Crippen molar-refractivity contribution in [2.24, 2.45) is 0 Å². The van der Waals surface area contributed by atoms with E-state index in [1.165, 1.54) is 38.5 Å². The summed E-state index contributed by atoms with van der Waals surface area (Å²) in [7, 11) is 0. The van der Waals surface area contributed by atoms with Crippen molar-refractivity contribution in [3.05, 3.63) is 40.9 Å². The maximum absolute atomic E-state index is 2.31. The zero-order valence-corrected chi connectivity index (χ0v) is 7.97. The third-order valence-electron chi connectivity index (χ3n) is 3.51.